The first-order chi connectivity index (χ1) is 9.86. The van der Waals surface area contributed by atoms with Crippen molar-refractivity contribution in [3.05, 3.63) is 23.3 Å². The fourth-order valence-electron chi connectivity index (χ4n) is 3.05. The van der Waals surface area contributed by atoms with E-state index >= 15 is 0 Å². The predicted molar refractivity (Wildman–Crippen MR) is 83.2 cm³/mol. The molecule has 1 aliphatic rings. The van der Waals surface area contributed by atoms with Crippen LogP contribution in [0.25, 0.3) is 0 Å². The summed E-state index contributed by atoms with van der Waals surface area (Å²) < 4.78 is 10.6. The lowest BCUT2D eigenvalue weighted by Gasteiger charge is -2.18. The minimum Gasteiger partial charge on any atom is -0.496 e. The van der Waals surface area contributed by atoms with E-state index in [9.17, 15) is 4.79 Å². The van der Waals surface area contributed by atoms with Gasteiger partial charge in [0.2, 0.25) is 0 Å². The summed E-state index contributed by atoms with van der Waals surface area (Å²) in [5.41, 5.74) is 1.80. The number of ether oxygens (including phenoxy) is 2. The molecule has 0 aromatic heterocycles. The van der Waals surface area contributed by atoms with Crippen molar-refractivity contribution in [2.45, 2.75) is 46.1 Å². The van der Waals surface area contributed by atoms with Gasteiger partial charge >= 0.3 is 0 Å². The Hall–Kier alpha value is -1.71. The first kappa shape index (κ1) is 15.7. The van der Waals surface area contributed by atoms with Crippen molar-refractivity contribution in [3.8, 4) is 11.5 Å². The number of amides is 1. The van der Waals surface area contributed by atoms with E-state index in [1.165, 1.54) is 0 Å². The van der Waals surface area contributed by atoms with Gasteiger partial charge in [0, 0.05) is 17.2 Å². The van der Waals surface area contributed by atoms with E-state index in [1.807, 2.05) is 6.92 Å². The van der Waals surface area contributed by atoms with E-state index in [0.717, 1.165) is 24.8 Å². The standard InChI is InChI=1S/C17H25NO3/c1-11-14(20-4)8-12(9-15(11)21-5)16(19)18-13-6-7-17(2,3)10-13/h8-9,13H,6-7,10H2,1-5H3,(H,18,19). The molecular weight excluding hydrogens is 266 g/mol. The third-order valence-electron chi connectivity index (χ3n) is 4.32. The average Bonchev–Trinajstić information content (AvgIpc) is 2.78. The van der Waals surface area contributed by atoms with Crippen molar-refractivity contribution in [3.63, 3.8) is 0 Å². The molecule has 4 nitrogen and oxygen atoms in total. The van der Waals surface area contributed by atoms with E-state index in [4.69, 9.17) is 9.47 Å². The summed E-state index contributed by atoms with van der Waals surface area (Å²) in [4.78, 5) is 12.4. The lowest BCUT2D eigenvalue weighted by Crippen LogP contribution is -2.33. The Labute approximate surface area is 126 Å². The SMILES string of the molecule is COc1cc(C(=O)NC2CCC(C)(C)C2)cc(OC)c1C. The first-order valence-electron chi connectivity index (χ1n) is 7.40. The molecule has 116 valence electrons. The van der Waals surface area contributed by atoms with Crippen LogP contribution < -0.4 is 14.8 Å². The number of hydrogen-bond donors (Lipinski definition) is 1. The fraction of sp³-hybridized carbons (Fsp3) is 0.588. The molecule has 4 heteroatoms. The molecular formula is C17H25NO3. The molecule has 2 rings (SSSR count). The van der Waals surface area contributed by atoms with Crippen LogP contribution in [0.15, 0.2) is 12.1 Å². The van der Waals surface area contributed by atoms with Crippen LogP contribution in [-0.2, 0) is 0 Å². The summed E-state index contributed by atoms with van der Waals surface area (Å²) in [6.45, 7) is 6.41. The number of benzene rings is 1. The topological polar surface area (TPSA) is 47.6 Å². The zero-order valence-electron chi connectivity index (χ0n) is 13.6. The maximum atomic E-state index is 12.4. The third-order valence-corrected chi connectivity index (χ3v) is 4.32. The normalized spacial score (nSPS) is 20.1. The van der Waals surface area contributed by atoms with Crippen LogP contribution in [0.2, 0.25) is 0 Å². The Morgan fingerprint density at radius 2 is 1.81 bits per heavy atom. The Balaban J connectivity index is 2.16. The molecule has 1 fully saturated rings. The molecule has 21 heavy (non-hydrogen) atoms. The maximum Gasteiger partial charge on any atom is 0.251 e. The second-order valence-corrected chi connectivity index (χ2v) is 6.58. The molecule has 0 spiro atoms. The molecule has 0 radical (unpaired) electrons. The van der Waals surface area contributed by atoms with Gasteiger partial charge in [0.15, 0.2) is 0 Å². The molecule has 0 bridgehead atoms. The Bertz CT molecular complexity index is 512. The minimum atomic E-state index is -0.0608. The fourth-order valence-corrected chi connectivity index (χ4v) is 3.05. The second-order valence-electron chi connectivity index (χ2n) is 6.58. The largest absolute Gasteiger partial charge is 0.496 e. The smallest absolute Gasteiger partial charge is 0.251 e. The van der Waals surface area contributed by atoms with Crippen molar-refractivity contribution in [2.75, 3.05) is 14.2 Å². The first-order valence-corrected chi connectivity index (χ1v) is 7.40. The van der Waals surface area contributed by atoms with Gasteiger partial charge in [-0.15, -0.1) is 0 Å². The highest BCUT2D eigenvalue weighted by molar-refractivity contribution is 5.95. The van der Waals surface area contributed by atoms with Crippen molar-refractivity contribution in [2.24, 2.45) is 5.41 Å². The molecule has 1 unspecified atom stereocenters. The van der Waals surface area contributed by atoms with Gasteiger partial charge in [0.05, 0.1) is 14.2 Å². The summed E-state index contributed by atoms with van der Waals surface area (Å²) >= 11 is 0. The summed E-state index contributed by atoms with van der Waals surface area (Å²) in [5, 5.41) is 3.12. The lowest BCUT2D eigenvalue weighted by molar-refractivity contribution is 0.0935. The maximum absolute atomic E-state index is 12.4. The Morgan fingerprint density at radius 3 is 2.24 bits per heavy atom. The predicted octanol–water partition coefficient (Wildman–Crippen LogP) is 3.32. The average molecular weight is 291 g/mol. The van der Waals surface area contributed by atoms with Gasteiger partial charge in [0.25, 0.3) is 5.91 Å². The number of hydrogen-bond acceptors (Lipinski definition) is 3. The highest BCUT2D eigenvalue weighted by Gasteiger charge is 2.32. The van der Waals surface area contributed by atoms with Crippen molar-refractivity contribution in [1.82, 2.24) is 5.32 Å². The van der Waals surface area contributed by atoms with E-state index in [0.29, 0.717) is 22.5 Å². The van der Waals surface area contributed by atoms with Crippen LogP contribution >= 0.6 is 0 Å². The zero-order valence-corrected chi connectivity index (χ0v) is 13.6. The van der Waals surface area contributed by atoms with Crippen LogP contribution in [0.5, 0.6) is 11.5 Å². The number of methoxy groups -OCH3 is 2. The molecule has 1 N–H and O–H groups in total. The van der Waals surface area contributed by atoms with Crippen molar-refractivity contribution >= 4 is 5.91 Å². The van der Waals surface area contributed by atoms with E-state index in [-0.39, 0.29) is 11.9 Å². The molecule has 0 heterocycles. The number of carbonyl (C=O) groups excluding carboxylic acids is 1. The van der Waals surface area contributed by atoms with Crippen LogP contribution in [0.1, 0.15) is 49.0 Å². The second kappa shape index (κ2) is 5.96. The van der Waals surface area contributed by atoms with Gasteiger partial charge in [-0.2, -0.15) is 0 Å². The van der Waals surface area contributed by atoms with Gasteiger partial charge in [-0.25, -0.2) is 0 Å². The molecule has 1 amide bonds. The van der Waals surface area contributed by atoms with E-state index in [1.54, 1.807) is 26.4 Å². The van der Waals surface area contributed by atoms with Crippen molar-refractivity contribution in [1.29, 1.82) is 0 Å². The quantitative estimate of drug-likeness (QED) is 0.925. The summed E-state index contributed by atoms with van der Waals surface area (Å²) in [5.74, 6) is 1.28. The van der Waals surface area contributed by atoms with Gasteiger partial charge in [-0.3, -0.25) is 4.79 Å². The van der Waals surface area contributed by atoms with E-state index in [2.05, 4.69) is 19.2 Å². The Kier molecular flexibility index (Phi) is 4.45. The van der Waals surface area contributed by atoms with Crippen LogP contribution in [0.4, 0.5) is 0 Å². The molecule has 1 aromatic carbocycles. The van der Waals surface area contributed by atoms with Crippen LogP contribution in [0.3, 0.4) is 0 Å². The van der Waals surface area contributed by atoms with Crippen LogP contribution in [-0.4, -0.2) is 26.2 Å². The van der Waals surface area contributed by atoms with Gasteiger partial charge in [-0.1, -0.05) is 13.8 Å². The molecule has 1 atom stereocenters. The molecule has 0 aliphatic heterocycles. The Morgan fingerprint density at radius 1 is 1.24 bits per heavy atom. The number of carbonyl (C=O) groups is 1. The van der Waals surface area contributed by atoms with Gasteiger partial charge in [0.1, 0.15) is 11.5 Å². The molecule has 1 saturated carbocycles. The molecule has 0 saturated heterocycles. The third kappa shape index (κ3) is 3.49. The lowest BCUT2D eigenvalue weighted by atomic mass is 9.92. The molecule has 1 aromatic rings. The number of nitrogens with one attached hydrogen (secondary N) is 1. The highest BCUT2D eigenvalue weighted by Crippen LogP contribution is 2.37. The van der Waals surface area contributed by atoms with E-state index < -0.39 is 0 Å². The minimum absolute atomic E-state index is 0.0608. The monoisotopic (exact) mass is 291 g/mol. The zero-order chi connectivity index (χ0) is 15.6. The molecule has 1 aliphatic carbocycles. The number of rotatable bonds is 4. The van der Waals surface area contributed by atoms with Gasteiger partial charge < -0.3 is 14.8 Å². The summed E-state index contributed by atoms with van der Waals surface area (Å²) in [6.07, 6.45) is 3.22. The van der Waals surface area contributed by atoms with Gasteiger partial charge in [-0.05, 0) is 43.7 Å². The van der Waals surface area contributed by atoms with Crippen LogP contribution in [0, 0.1) is 12.3 Å². The summed E-state index contributed by atoms with van der Waals surface area (Å²) in [6, 6.07) is 3.80. The summed E-state index contributed by atoms with van der Waals surface area (Å²) in [7, 11) is 3.20. The highest BCUT2D eigenvalue weighted by atomic mass is 16.5. The van der Waals surface area contributed by atoms with Crippen molar-refractivity contribution < 1.29 is 14.3 Å².